The Bertz CT molecular complexity index is 796. The molecule has 2 rings (SSSR count). The number of aromatic nitrogens is 2. The second kappa shape index (κ2) is 7.86. The van der Waals surface area contributed by atoms with Gasteiger partial charge in [0, 0.05) is 6.20 Å². The smallest absolute Gasteiger partial charge is 0.417 e. The van der Waals surface area contributed by atoms with Crippen LogP contribution in [0.15, 0.2) is 12.3 Å². The number of halogens is 4. The van der Waals surface area contributed by atoms with Crippen molar-refractivity contribution < 1.29 is 22.7 Å². The van der Waals surface area contributed by atoms with Crippen molar-refractivity contribution >= 4 is 23.2 Å². The highest BCUT2D eigenvalue weighted by molar-refractivity contribution is 6.33. The first-order valence-corrected chi connectivity index (χ1v) is 8.92. The minimum absolute atomic E-state index is 0.0675. The molecule has 0 saturated heterocycles. The van der Waals surface area contributed by atoms with Crippen LogP contribution in [0.2, 0.25) is 5.02 Å². The molecule has 0 unspecified atom stereocenters. The summed E-state index contributed by atoms with van der Waals surface area (Å²) < 4.78 is 46.0. The summed E-state index contributed by atoms with van der Waals surface area (Å²) in [5.74, 6) is -0.661. The molecule has 0 saturated carbocycles. The lowest BCUT2D eigenvalue weighted by Crippen LogP contribution is -2.17. The molecule has 26 heavy (non-hydrogen) atoms. The molecule has 2 aromatic rings. The fraction of sp³-hybridized carbons (Fsp3) is 0.556. The van der Waals surface area contributed by atoms with Gasteiger partial charge in [0.25, 0.3) is 0 Å². The number of pyridine rings is 1. The van der Waals surface area contributed by atoms with Gasteiger partial charge >= 0.3 is 12.1 Å². The van der Waals surface area contributed by atoms with Crippen molar-refractivity contribution in [2.24, 2.45) is 5.92 Å². The molecule has 0 aliphatic rings. The SMILES string of the molecule is CCC(CC)C(=O)OCc1c(C(C)C)nc2c(Cl)cc(C(F)(F)F)cn12. The largest absolute Gasteiger partial charge is 0.459 e. The van der Waals surface area contributed by atoms with Crippen molar-refractivity contribution in [3.8, 4) is 0 Å². The zero-order valence-electron chi connectivity index (χ0n) is 15.2. The summed E-state index contributed by atoms with van der Waals surface area (Å²) in [4.78, 5) is 16.5. The van der Waals surface area contributed by atoms with Crippen LogP contribution in [0.1, 0.15) is 63.4 Å². The highest BCUT2D eigenvalue weighted by Crippen LogP contribution is 2.34. The van der Waals surface area contributed by atoms with E-state index in [9.17, 15) is 18.0 Å². The van der Waals surface area contributed by atoms with Crippen LogP contribution in [-0.2, 0) is 22.3 Å². The van der Waals surface area contributed by atoms with Crippen molar-refractivity contribution in [3.05, 3.63) is 34.2 Å². The third-order valence-corrected chi connectivity index (χ3v) is 4.63. The van der Waals surface area contributed by atoms with Gasteiger partial charge in [-0.2, -0.15) is 13.2 Å². The zero-order chi connectivity index (χ0) is 19.6. The fourth-order valence-electron chi connectivity index (χ4n) is 2.81. The molecule has 0 radical (unpaired) electrons. The van der Waals surface area contributed by atoms with E-state index in [1.54, 1.807) is 0 Å². The molecule has 0 aliphatic carbocycles. The molecule has 0 amide bonds. The highest BCUT2D eigenvalue weighted by atomic mass is 35.5. The Labute approximate surface area is 155 Å². The number of carbonyl (C=O) groups is 1. The number of imidazole rings is 1. The van der Waals surface area contributed by atoms with E-state index < -0.39 is 11.7 Å². The molecule has 0 atom stereocenters. The Kier molecular flexibility index (Phi) is 6.21. The van der Waals surface area contributed by atoms with Gasteiger partial charge in [0.2, 0.25) is 0 Å². The van der Waals surface area contributed by atoms with Crippen LogP contribution < -0.4 is 0 Å². The van der Waals surface area contributed by atoms with Gasteiger partial charge in [0.1, 0.15) is 6.61 Å². The summed E-state index contributed by atoms with van der Waals surface area (Å²) >= 11 is 6.03. The van der Waals surface area contributed by atoms with Crippen LogP contribution in [0.25, 0.3) is 5.65 Å². The zero-order valence-corrected chi connectivity index (χ0v) is 15.9. The van der Waals surface area contributed by atoms with Gasteiger partial charge in [-0.3, -0.25) is 9.20 Å². The highest BCUT2D eigenvalue weighted by Gasteiger charge is 2.33. The van der Waals surface area contributed by atoms with E-state index in [0.717, 1.165) is 12.3 Å². The number of alkyl halides is 3. The Morgan fingerprint density at radius 3 is 2.42 bits per heavy atom. The molecule has 2 aromatic heterocycles. The number of rotatable bonds is 6. The summed E-state index contributed by atoms with van der Waals surface area (Å²) in [5, 5.41) is -0.0979. The van der Waals surface area contributed by atoms with Crippen molar-refractivity contribution in [3.63, 3.8) is 0 Å². The predicted molar refractivity (Wildman–Crippen MR) is 93.2 cm³/mol. The summed E-state index contributed by atoms with van der Waals surface area (Å²) in [6, 6.07) is 0.855. The average molecular weight is 391 g/mol. The molecular weight excluding hydrogens is 369 g/mol. The van der Waals surface area contributed by atoms with Gasteiger partial charge in [0.05, 0.1) is 27.9 Å². The minimum atomic E-state index is -4.54. The third-order valence-electron chi connectivity index (χ3n) is 4.35. The van der Waals surface area contributed by atoms with Crippen molar-refractivity contribution in [1.29, 1.82) is 0 Å². The number of hydrogen-bond donors (Lipinski definition) is 0. The Morgan fingerprint density at radius 1 is 1.31 bits per heavy atom. The molecule has 144 valence electrons. The van der Waals surface area contributed by atoms with Crippen LogP contribution in [0, 0.1) is 5.92 Å². The van der Waals surface area contributed by atoms with Gasteiger partial charge < -0.3 is 4.74 Å². The van der Waals surface area contributed by atoms with Crippen LogP contribution in [0.4, 0.5) is 13.2 Å². The average Bonchev–Trinajstić information content (AvgIpc) is 2.92. The standard InChI is InChI=1S/C18H22ClF3N2O2/c1-5-11(6-2)17(25)26-9-14-15(10(3)4)23-16-13(19)7-12(8-24(14)16)18(20,21)22/h7-8,10-11H,5-6,9H2,1-4H3. The minimum Gasteiger partial charge on any atom is -0.459 e. The number of carbonyl (C=O) groups excluding carboxylic acids is 1. The van der Waals surface area contributed by atoms with E-state index in [1.165, 1.54) is 4.40 Å². The summed E-state index contributed by atoms with van der Waals surface area (Å²) in [5.41, 5.74) is 0.304. The molecule has 8 heteroatoms. The van der Waals surface area contributed by atoms with Gasteiger partial charge in [-0.15, -0.1) is 0 Å². The maximum Gasteiger partial charge on any atom is 0.417 e. The van der Waals surface area contributed by atoms with Gasteiger partial charge in [0.15, 0.2) is 5.65 Å². The molecule has 0 fully saturated rings. The molecule has 0 spiro atoms. The summed E-state index contributed by atoms with van der Waals surface area (Å²) in [6.45, 7) is 7.36. The Balaban J connectivity index is 2.50. The lowest BCUT2D eigenvalue weighted by Gasteiger charge is -2.14. The van der Waals surface area contributed by atoms with E-state index in [0.29, 0.717) is 24.2 Å². The molecule has 0 aromatic carbocycles. The van der Waals surface area contributed by atoms with Crippen molar-refractivity contribution in [1.82, 2.24) is 9.38 Å². The molecule has 0 bridgehead atoms. The van der Waals surface area contributed by atoms with Gasteiger partial charge in [-0.1, -0.05) is 39.3 Å². The van der Waals surface area contributed by atoms with Crippen LogP contribution in [-0.4, -0.2) is 15.4 Å². The predicted octanol–water partition coefficient (Wildman–Crippen LogP) is 5.61. The fourth-order valence-corrected chi connectivity index (χ4v) is 3.06. The van der Waals surface area contributed by atoms with E-state index >= 15 is 0 Å². The number of fused-ring (bicyclic) bond motifs is 1. The number of nitrogens with zero attached hydrogens (tertiary/aromatic N) is 2. The molecule has 0 N–H and O–H groups in total. The molecule has 0 aliphatic heterocycles. The lowest BCUT2D eigenvalue weighted by molar-refractivity contribution is -0.150. The van der Waals surface area contributed by atoms with Gasteiger partial charge in [-0.05, 0) is 24.8 Å². The maximum atomic E-state index is 13.1. The topological polar surface area (TPSA) is 43.6 Å². The number of hydrogen-bond acceptors (Lipinski definition) is 3. The first-order chi connectivity index (χ1) is 12.1. The summed E-state index contributed by atoms with van der Waals surface area (Å²) in [7, 11) is 0. The second-order valence-corrected chi connectivity index (χ2v) is 6.89. The van der Waals surface area contributed by atoms with Gasteiger partial charge in [-0.25, -0.2) is 4.98 Å². The first kappa shape index (κ1) is 20.6. The molecule has 4 nitrogen and oxygen atoms in total. The molecular formula is C18H22ClF3N2O2. The van der Waals surface area contributed by atoms with Crippen LogP contribution in [0.3, 0.4) is 0 Å². The van der Waals surface area contributed by atoms with Crippen LogP contribution in [0.5, 0.6) is 0 Å². The molecule has 2 heterocycles. The lowest BCUT2D eigenvalue weighted by atomic mass is 10.0. The maximum absolute atomic E-state index is 13.1. The number of esters is 1. The normalized spacial score (nSPS) is 12.4. The first-order valence-electron chi connectivity index (χ1n) is 8.54. The monoisotopic (exact) mass is 390 g/mol. The van der Waals surface area contributed by atoms with E-state index in [1.807, 2.05) is 27.7 Å². The van der Waals surface area contributed by atoms with Crippen molar-refractivity contribution in [2.45, 2.75) is 59.2 Å². The second-order valence-electron chi connectivity index (χ2n) is 6.49. The Morgan fingerprint density at radius 2 is 1.92 bits per heavy atom. The quantitative estimate of drug-likeness (QED) is 0.602. The van der Waals surface area contributed by atoms with Crippen LogP contribution >= 0.6 is 11.6 Å². The Hall–Kier alpha value is -1.76. The number of ether oxygens (including phenoxy) is 1. The van der Waals surface area contributed by atoms with E-state index in [4.69, 9.17) is 16.3 Å². The third kappa shape index (κ3) is 4.14. The van der Waals surface area contributed by atoms with E-state index in [2.05, 4.69) is 4.98 Å². The van der Waals surface area contributed by atoms with E-state index in [-0.39, 0.29) is 35.1 Å². The van der Waals surface area contributed by atoms with Crippen molar-refractivity contribution in [2.75, 3.05) is 0 Å². The summed E-state index contributed by atoms with van der Waals surface area (Å²) in [6.07, 6.45) is -2.31.